The number of fused-ring (bicyclic) bond motifs is 7. The van der Waals surface area contributed by atoms with E-state index >= 15 is 0 Å². The molecule has 5 saturated carbocycles. The van der Waals surface area contributed by atoms with Gasteiger partial charge in [0.2, 0.25) is 0 Å². The average molecular weight is 489 g/mol. The number of aliphatic hydroxyl groups is 1. The predicted octanol–water partition coefficient (Wildman–Crippen LogP) is 7.19. The molecule has 192 valence electrons. The lowest BCUT2D eigenvalue weighted by molar-refractivity contribution is -0.241. The van der Waals surface area contributed by atoms with Crippen molar-refractivity contribution in [2.75, 3.05) is 0 Å². The molecular weight excluding hydrogens is 439 g/mol. The highest BCUT2D eigenvalue weighted by Gasteiger charge is 2.69. The van der Waals surface area contributed by atoms with E-state index in [1.54, 1.807) is 0 Å². The van der Waals surface area contributed by atoms with E-state index in [1.807, 2.05) is 0 Å². The van der Waals surface area contributed by atoms with Crippen LogP contribution in [0.15, 0.2) is 12.2 Å². The molecule has 34 heavy (non-hydrogen) atoms. The fourth-order valence-corrected chi connectivity index (χ4v) is 11.7. The van der Waals surface area contributed by atoms with Crippen molar-refractivity contribution in [1.82, 2.24) is 0 Å². The van der Waals surface area contributed by atoms with Crippen LogP contribution in [0.3, 0.4) is 0 Å². The first-order valence-electron chi connectivity index (χ1n) is 14.1. The fraction of sp³-hybridized carbons (Fsp3) is 0.900. The average Bonchev–Trinajstić information content (AvgIpc) is 3.16. The fourth-order valence-electron chi connectivity index (χ4n) is 11.5. The molecule has 0 amide bonds. The Kier molecular flexibility index (Phi) is 5.98. The van der Waals surface area contributed by atoms with Crippen LogP contribution in [-0.4, -0.2) is 17.2 Å². The Morgan fingerprint density at radius 1 is 0.912 bits per heavy atom. The maximum atomic E-state index is 12.8. The molecule has 0 bridgehead atoms. The SMILES string of the molecule is C=C(C)[C@@H]1C[C@@H](C(=O)OP)C2CC[C@]3(C)[C@H](CC[C@@H]4[C@@]5(C)CC[C@H](O)C(C)(C)[C@@H]5CC[C@]43C)[C@H]21. The van der Waals surface area contributed by atoms with Crippen molar-refractivity contribution in [3.63, 3.8) is 0 Å². The molecule has 4 heteroatoms. The Hall–Kier alpha value is -0.400. The van der Waals surface area contributed by atoms with E-state index in [9.17, 15) is 9.90 Å². The van der Waals surface area contributed by atoms with Gasteiger partial charge in [0.15, 0.2) is 0 Å². The molecule has 0 aromatic carbocycles. The number of hydrogen-bond acceptors (Lipinski definition) is 3. The molecule has 0 spiro atoms. The summed E-state index contributed by atoms with van der Waals surface area (Å²) in [6.07, 6.45) is 10.4. The maximum Gasteiger partial charge on any atom is 0.311 e. The molecule has 0 aliphatic heterocycles. The van der Waals surface area contributed by atoms with Crippen LogP contribution < -0.4 is 0 Å². The smallest absolute Gasteiger partial charge is 0.311 e. The van der Waals surface area contributed by atoms with Crippen molar-refractivity contribution in [3.8, 4) is 0 Å². The van der Waals surface area contributed by atoms with Crippen molar-refractivity contribution >= 4 is 15.4 Å². The summed E-state index contributed by atoms with van der Waals surface area (Å²) in [5.41, 5.74) is 2.22. The van der Waals surface area contributed by atoms with Gasteiger partial charge in [0.05, 0.1) is 21.5 Å². The monoisotopic (exact) mass is 488 g/mol. The van der Waals surface area contributed by atoms with Crippen LogP contribution in [0.4, 0.5) is 0 Å². The quantitative estimate of drug-likeness (QED) is 0.330. The van der Waals surface area contributed by atoms with Gasteiger partial charge in [-0.3, -0.25) is 4.79 Å². The third-order valence-electron chi connectivity index (χ3n) is 13.4. The zero-order chi connectivity index (χ0) is 24.8. The highest BCUT2D eigenvalue weighted by Crippen LogP contribution is 2.76. The van der Waals surface area contributed by atoms with Crippen LogP contribution in [0.5, 0.6) is 0 Å². The first-order valence-corrected chi connectivity index (χ1v) is 14.5. The van der Waals surface area contributed by atoms with E-state index in [4.69, 9.17) is 4.52 Å². The first kappa shape index (κ1) is 25.3. The number of carbonyl (C=O) groups excluding carboxylic acids is 1. The molecule has 0 aromatic rings. The molecule has 0 radical (unpaired) electrons. The number of carbonyl (C=O) groups is 1. The molecular formula is C30H49O3P. The van der Waals surface area contributed by atoms with Gasteiger partial charge in [-0.1, -0.05) is 46.8 Å². The Labute approximate surface area is 210 Å². The molecule has 3 nitrogen and oxygen atoms in total. The Bertz CT molecular complexity index is 867. The zero-order valence-corrected chi connectivity index (χ0v) is 23.7. The van der Waals surface area contributed by atoms with Crippen LogP contribution >= 0.6 is 9.47 Å². The van der Waals surface area contributed by atoms with Gasteiger partial charge in [-0.05, 0) is 122 Å². The van der Waals surface area contributed by atoms with E-state index in [1.165, 1.54) is 44.1 Å². The summed E-state index contributed by atoms with van der Waals surface area (Å²) in [5, 5.41) is 10.9. The Balaban J connectivity index is 1.52. The van der Waals surface area contributed by atoms with Gasteiger partial charge in [-0.2, -0.15) is 0 Å². The van der Waals surface area contributed by atoms with Gasteiger partial charge in [0.1, 0.15) is 0 Å². The van der Waals surface area contributed by atoms with Crippen molar-refractivity contribution in [1.29, 1.82) is 0 Å². The van der Waals surface area contributed by atoms with Gasteiger partial charge in [-0.15, -0.1) is 0 Å². The highest BCUT2D eigenvalue weighted by atomic mass is 31.0. The highest BCUT2D eigenvalue weighted by molar-refractivity contribution is 7.10. The van der Waals surface area contributed by atoms with Gasteiger partial charge < -0.3 is 9.63 Å². The van der Waals surface area contributed by atoms with E-state index in [0.717, 1.165) is 25.2 Å². The largest absolute Gasteiger partial charge is 0.451 e. The van der Waals surface area contributed by atoms with E-state index in [0.29, 0.717) is 45.8 Å². The van der Waals surface area contributed by atoms with Crippen molar-refractivity contribution in [2.24, 2.45) is 63.1 Å². The summed E-state index contributed by atoms with van der Waals surface area (Å²) in [5.74, 6) is 3.46. The number of hydrogen-bond donors (Lipinski definition) is 1. The number of allylic oxidation sites excluding steroid dienone is 1. The van der Waals surface area contributed by atoms with Gasteiger partial charge >= 0.3 is 5.97 Å². The van der Waals surface area contributed by atoms with Crippen molar-refractivity contribution in [3.05, 3.63) is 12.2 Å². The molecule has 2 unspecified atom stereocenters. The van der Waals surface area contributed by atoms with E-state index in [2.05, 4.69) is 57.6 Å². The van der Waals surface area contributed by atoms with Gasteiger partial charge in [-0.25, -0.2) is 0 Å². The Morgan fingerprint density at radius 3 is 2.24 bits per heavy atom. The zero-order valence-electron chi connectivity index (χ0n) is 22.5. The summed E-state index contributed by atoms with van der Waals surface area (Å²) in [6, 6.07) is 0. The second kappa shape index (κ2) is 8.05. The minimum Gasteiger partial charge on any atom is -0.451 e. The standard InChI is InChI=1S/C30H49O3P/c1-17(2)19-16-20(26(32)33-34)18-10-14-29(6)21(25(18)19)8-9-23-28(5)13-12-24(31)27(3,4)22(28)11-15-30(23,29)7/h18-25,31H,1,8-16,34H2,2-7H3/t18?,19-,20+,21+,22-,23+,24-,25+,28-,29+,30+/m0/s1. The topological polar surface area (TPSA) is 46.5 Å². The third kappa shape index (κ3) is 3.11. The molecule has 12 atom stereocenters. The molecule has 5 fully saturated rings. The normalized spacial score (nSPS) is 53.6. The minimum absolute atomic E-state index is 0.00594. The predicted molar refractivity (Wildman–Crippen MR) is 141 cm³/mol. The lowest BCUT2D eigenvalue weighted by atomic mass is 9.33. The van der Waals surface area contributed by atoms with E-state index < -0.39 is 0 Å². The number of aliphatic hydroxyl groups excluding tert-OH is 1. The third-order valence-corrected chi connectivity index (χ3v) is 13.6. The van der Waals surface area contributed by atoms with Gasteiger partial charge in [0.25, 0.3) is 0 Å². The first-order chi connectivity index (χ1) is 15.8. The molecule has 0 aromatic heterocycles. The molecule has 0 heterocycles. The van der Waals surface area contributed by atoms with Crippen LogP contribution in [0, 0.1) is 63.1 Å². The molecule has 5 rings (SSSR count). The van der Waals surface area contributed by atoms with Crippen LogP contribution in [0.25, 0.3) is 0 Å². The minimum atomic E-state index is -0.166. The van der Waals surface area contributed by atoms with Crippen LogP contribution in [0.1, 0.15) is 99.3 Å². The summed E-state index contributed by atoms with van der Waals surface area (Å²) in [7, 11) is 2.20. The van der Waals surface area contributed by atoms with Crippen LogP contribution in [0.2, 0.25) is 0 Å². The second-order valence-corrected chi connectivity index (χ2v) is 14.8. The molecule has 1 N–H and O–H groups in total. The van der Waals surface area contributed by atoms with E-state index in [-0.39, 0.29) is 23.4 Å². The maximum absolute atomic E-state index is 12.8. The van der Waals surface area contributed by atoms with Gasteiger partial charge in [0, 0.05) is 0 Å². The molecule has 0 saturated heterocycles. The lowest BCUT2D eigenvalue weighted by Gasteiger charge is -2.72. The Morgan fingerprint density at radius 2 is 1.59 bits per heavy atom. The number of rotatable bonds is 2. The molecule has 5 aliphatic carbocycles. The molecule has 5 aliphatic rings. The summed E-state index contributed by atoms with van der Waals surface area (Å²) in [6.45, 7) is 19.2. The summed E-state index contributed by atoms with van der Waals surface area (Å²) in [4.78, 5) is 12.8. The van der Waals surface area contributed by atoms with Crippen LogP contribution in [-0.2, 0) is 9.32 Å². The lowest BCUT2D eigenvalue weighted by Crippen LogP contribution is -2.66. The summed E-state index contributed by atoms with van der Waals surface area (Å²) < 4.78 is 5.21. The summed E-state index contributed by atoms with van der Waals surface area (Å²) >= 11 is 0. The second-order valence-electron chi connectivity index (χ2n) is 14.6. The van der Waals surface area contributed by atoms with Crippen molar-refractivity contribution < 1.29 is 14.4 Å². The van der Waals surface area contributed by atoms with Crippen molar-refractivity contribution in [2.45, 2.75) is 105 Å².